The van der Waals surface area contributed by atoms with E-state index in [9.17, 15) is 4.79 Å². The average molecular weight is 271 g/mol. The molecule has 1 amide bonds. The Kier molecular flexibility index (Phi) is 3.92. The van der Waals surface area contributed by atoms with Gasteiger partial charge in [0.25, 0.3) is 5.91 Å². The summed E-state index contributed by atoms with van der Waals surface area (Å²) in [5, 5.41) is 4.71. The highest BCUT2D eigenvalue weighted by Gasteiger charge is 2.30. The van der Waals surface area contributed by atoms with Crippen molar-refractivity contribution in [2.45, 2.75) is 26.8 Å². The molecule has 0 radical (unpaired) electrons. The molecule has 1 unspecified atom stereocenters. The first-order valence-electron chi connectivity index (χ1n) is 6.30. The molecule has 100 valence electrons. The van der Waals surface area contributed by atoms with Gasteiger partial charge in [0.15, 0.2) is 0 Å². The molecule has 1 aromatic heterocycles. The quantitative estimate of drug-likeness (QED) is 0.900. The van der Waals surface area contributed by atoms with Crippen molar-refractivity contribution in [3.63, 3.8) is 0 Å². The first-order chi connectivity index (χ1) is 8.58. The predicted molar refractivity (Wildman–Crippen MR) is 70.7 cm³/mol. The van der Waals surface area contributed by atoms with Gasteiger partial charge in [0, 0.05) is 19.6 Å². The van der Waals surface area contributed by atoms with Crippen LogP contribution in [0.3, 0.4) is 0 Å². The highest BCUT2D eigenvalue weighted by molar-refractivity contribution is 6.33. The van der Waals surface area contributed by atoms with Gasteiger partial charge >= 0.3 is 0 Å². The molecule has 5 nitrogen and oxygen atoms in total. The number of hydrogen-bond donors (Lipinski definition) is 1. The summed E-state index contributed by atoms with van der Waals surface area (Å²) in [7, 11) is 0. The zero-order valence-corrected chi connectivity index (χ0v) is 11.6. The SMILES string of the molecule is CCn1nc(C)c(C(=O)N2CCC(CN)C2)c1Cl. The first-order valence-corrected chi connectivity index (χ1v) is 6.68. The molecule has 2 heterocycles. The third-order valence-electron chi connectivity index (χ3n) is 3.49. The third kappa shape index (κ3) is 2.24. The van der Waals surface area contributed by atoms with Crippen LogP contribution in [0.25, 0.3) is 0 Å². The Bertz CT molecular complexity index is 457. The number of hydrogen-bond acceptors (Lipinski definition) is 3. The lowest BCUT2D eigenvalue weighted by molar-refractivity contribution is 0.0787. The molecular formula is C12H19ClN4O. The second-order valence-corrected chi connectivity index (χ2v) is 5.07. The van der Waals surface area contributed by atoms with E-state index < -0.39 is 0 Å². The number of likely N-dealkylation sites (tertiary alicyclic amines) is 1. The summed E-state index contributed by atoms with van der Waals surface area (Å²) in [6, 6.07) is 0. The Morgan fingerprint density at radius 3 is 2.83 bits per heavy atom. The van der Waals surface area contributed by atoms with Crippen molar-refractivity contribution in [3.8, 4) is 0 Å². The van der Waals surface area contributed by atoms with Crippen LogP contribution in [-0.4, -0.2) is 40.2 Å². The second-order valence-electron chi connectivity index (χ2n) is 4.71. The Labute approximate surface area is 112 Å². The zero-order chi connectivity index (χ0) is 13.3. The summed E-state index contributed by atoms with van der Waals surface area (Å²) >= 11 is 6.20. The first kappa shape index (κ1) is 13.4. The van der Waals surface area contributed by atoms with E-state index in [1.54, 1.807) is 4.68 Å². The maximum absolute atomic E-state index is 12.4. The normalized spacial score (nSPS) is 19.6. The topological polar surface area (TPSA) is 64.2 Å². The summed E-state index contributed by atoms with van der Waals surface area (Å²) in [5.41, 5.74) is 6.88. The van der Waals surface area contributed by atoms with Gasteiger partial charge < -0.3 is 10.6 Å². The van der Waals surface area contributed by atoms with Crippen molar-refractivity contribution < 1.29 is 4.79 Å². The Hall–Kier alpha value is -1.07. The van der Waals surface area contributed by atoms with E-state index in [0.717, 1.165) is 19.5 Å². The molecule has 1 fully saturated rings. The van der Waals surface area contributed by atoms with E-state index in [-0.39, 0.29) is 5.91 Å². The Morgan fingerprint density at radius 2 is 2.33 bits per heavy atom. The number of nitrogens with two attached hydrogens (primary N) is 1. The third-order valence-corrected chi connectivity index (χ3v) is 3.87. The van der Waals surface area contributed by atoms with Crippen molar-refractivity contribution in [2.75, 3.05) is 19.6 Å². The number of aryl methyl sites for hydroxylation is 2. The molecule has 2 rings (SSSR count). The molecule has 0 spiro atoms. The molecule has 18 heavy (non-hydrogen) atoms. The van der Waals surface area contributed by atoms with Gasteiger partial charge in [-0.15, -0.1) is 0 Å². The van der Waals surface area contributed by atoms with E-state index in [2.05, 4.69) is 5.10 Å². The van der Waals surface area contributed by atoms with Crippen molar-refractivity contribution in [1.82, 2.24) is 14.7 Å². The lowest BCUT2D eigenvalue weighted by Crippen LogP contribution is -2.30. The van der Waals surface area contributed by atoms with Crippen LogP contribution in [-0.2, 0) is 6.54 Å². The highest BCUT2D eigenvalue weighted by atomic mass is 35.5. The molecule has 0 aliphatic carbocycles. The molecule has 0 saturated carbocycles. The van der Waals surface area contributed by atoms with Crippen LogP contribution in [0, 0.1) is 12.8 Å². The molecule has 1 saturated heterocycles. The van der Waals surface area contributed by atoms with Gasteiger partial charge in [-0.2, -0.15) is 5.10 Å². The maximum Gasteiger partial charge on any atom is 0.258 e. The van der Waals surface area contributed by atoms with Crippen molar-refractivity contribution in [1.29, 1.82) is 0 Å². The zero-order valence-electron chi connectivity index (χ0n) is 10.8. The minimum Gasteiger partial charge on any atom is -0.338 e. The molecule has 0 bridgehead atoms. The van der Waals surface area contributed by atoms with Crippen LogP contribution in [0.4, 0.5) is 0 Å². The summed E-state index contributed by atoms with van der Waals surface area (Å²) in [6.07, 6.45) is 0.973. The Balaban J connectivity index is 2.22. The summed E-state index contributed by atoms with van der Waals surface area (Å²) in [4.78, 5) is 14.3. The summed E-state index contributed by atoms with van der Waals surface area (Å²) < 4.78 is 1.65. The van der Waals surface area contributed by atoms with Gasteiger partial charge in [0.1, 0.15) is 5.15 Å². The van der Waals surface area contributed by atoms with Crippen LogP contribution >= 0.6 is 11.6 Å². The number of carbonyl (C=O) groups is 1. The lowest BCUT2D eigenvalue weighted by Gasteiger charge is -2.16. The standard InChI is InChI=1S/C12H19ClN4O/c1-3-17-11(13)10(8(2)15-17)12(18)16-5-4-9(6-14)7-16/h9H,3-7,14H2,1-2H3. The summed E-state index contributed by atoms with van der Waals surface area (Å²) in [6.45, 7) is 6.55. The van der Waals surface area contributed by atoms with Crippen LogP contribution in [0.5, 0.6) is 0 Å². The van der Waals surface area contributed by atoms with Crippen LogP contribution in [0.15, 0.2) is 0 Å². The van der Waals surface area contributed by atoms with Crippen molar-refractivity contribution in [2.24, 2.45) is 11.7 Å². The van der Waals surface area contributed by atoms with Crippen molar-refractivity contribution >= 4 is 17.5 Å². The van der Waals surface area contributed by atoms with Crippen LogP contribution in [0.2, 0.25) is 5.15 Å². The molecule has 1 aliphatic heterocycles. The molecule has 6 heteroatoms. The second kappa shape index (κ2) is 5.28. The lowest BCUT2D eigenvalue weighted by atomic mass is 10.1. The fourth-order valence-corrected chi connectivity index (χ4v) is 2.75. The summed E-state index contributed by atoms with van der Waals surface area (Å²) in [5.74, 6) is 0.391. The number of carbonyl (C=O) groups excluding carboxylic acids is 1. The van der Waals surface area contributed by atoms with Crippen LogP contribution in [0.1, 0.15) is 29.4 Å². The number of amides is 1. The van der Waals surface area contributed by atoms with E-state index in [0.29, 0.717) is 35.4 Å². The van der Waals surface area contributed by atoms with E-state index in [1.807, 2.05) is 18.7 Å². The van der Waals surface area contributed by atoms with Gasteiger partial charge in [-0.1, -0.05) is 11.6 Å². The number of rotatable bonds is 3. The predicted octanol–water partition coefficient (Wildman–Crippen LogP) is 1.29. The van der Waals surface area contributed by atoms with E-state index in [4.69, 9.17) is 17.3 Å². The minimum atomic E-state index is -0.0202. The molecule has 2 N–H and O–H groups in total. The van der Waals surface area contributed by atoms with Gasteiger partial charge in [-0.05, 0) is 32.7 Å². The van der Waals surface area contributed by atoms with E-state index >= 15 is 0 Å². The monoisotopic (exact) mass is 270 g/mol. The van der Waals surface area contributed by atoms with Gasteiger partial charge in [0.05, 0.1) is 11.3 Å². The fraction of sp³-hybridized carbons (Fsp3) is 0.667. The van der Waals surface area contributed by atoms with Gasteiger partial charge in [-0.25, -0.2) is 0 Å². The molecule has 1 atom stereocenters. The highest BCUT2D eigenvalue weighted by Crippen LogP contribution is 2.24. The number of aromatic nitrogens is 2. The van der Waals surface area contributed by atoms with Crippen molar-refractivity contribution in [3.05, 3.63) is 16.4 Å². The van der Waals surface area contributed by atoms with Gasteiger partial charge in [0.2, 0.25) is 0 Å². The molecule has 1 aromatic rings. The maximum atomic E-state index is 12.4. The van der Waals surface area contributed by atoms with E-state index in [1.165, 1.54) is 0 Å². The molecular weight excluding hydrogens is 252 g/mol. The molecule has 0 aromatic carbocycles. The largest absolute Gasteiger partial charge is 0.338 e. The fourth-order valence-electron chi connectivity index (χ4n) is 2.37. The van der Waals surface area contributed by atoms with Gasteiger partial charge in [-0.3, -0.25) is 9.48 Å². The van der Waals surface area contributed by atoms with Crippen LogP contribution < -0.4 is 5.73 Å². The number of nitrogens with zero attached hydrogens (tertiary/aromatic N) is 3. The smallest absolute Gasteiger partial charge is 0.258 e. The minimum absolute atomic E-state index is 0.0202. The molecule has 1 aliphatic rings. The average Bonchev–Trinajstić information content (AvgIpc) is 2.93. The Morgan fingerprint density at radius 1 is 1.61 bits per heavy atom. The number of halogens is 1.